The average molecular weight is 475 g/mol. The molecule has 2 heterocycles. The molecule has 2 atom stereocenters. The van der Waals surface area contributed by atoms with E-state index >= 15 is 0 Å². The molecule has 1 aromatic carbocycles. The number of hydrogen-bond acceptors (Lipinski definition) is 8. The number of hydrogen-bond donors (Lipinski definition) is 1. The molecule has 0 bridgehead atoms. The van der Waals surface area contributed by atoms with Crippen LogP contribution in [0.5, 0.6) is 5.75 Å². The van der Waals surface area contributed by atoms with Crippen molar-refractivity contribution >= 4 is 23.3 Å². The van der Waals surface area contributed by atoms with Gasteiger partial charge in [-0.1, -0.05) is 11.2 Å². The SMILES string of the molecule is COC(=O)[C@@H]1CC2(CCC(c3cc(OC)ccc3C)=C(/C(C)=N/O)O2)CN1C(=O)OC(C)(C)C. The van der Waals surface area contributed by atoms with Crippen molar-refractivity contribution in [2.75, 3.05) is 20.8 Å². The second-order valence-corrected chi connectivity index (χ2v) is 9.81. The molecule has 1 unspecified atom stereocenters. The molecule has 0 aromatic heterocycles. The minimum atomic E-state index is -0.854. The zero-order valence-electron chi connectivity index (χ0n) is 20.9. The summed E-state index contributed by atoms with van der Waals surface area (Å²) >= 11 is 0. The van der Waals surface area contributed by atoms with Crippen LogP contribution in [0.15, 0.2) is 29.1 Å². The van der Waals surface area contributed by atoms with Crippen LogP contribution in [0, 0.1) is 6.92 Å². The number of oxime groups is 1. The fourth-order valence-corrected chi connectivity index (χ4v) is 4.51. The van der Waals surface area contributed by atoms with Crippen LogP contribution in [-0.4, -0.2) is 65.9 Å². The van der Waals surface area contributed by atoms with Gasteiger partial charge in [0.25, 0.3) is 0 Å². The van der Waals surface area contributed by atoms with Gasteiger partial charge in [-0.05, 0) is 70.7 Å². The topological polar surface area (TPSA) is 107 Å². The van der Waals surface area contributed by atoms with E-state index in [0.29, 0.717) is 30.1 Å². The van der Waals surface area contributed by atoms with Crippen LogP contribution in [0.4, 0.5) is 4.79 Å². The number of rotatable bonds is 4. The molecular weight excluding hydrogens is 440 g/mol. The molecule has 1 N–H and O–H groups in total. The van der Waals surface area contributed by atoms with Gasteiger partial charge in [0.15, 0.2) is 0 Å². The molecule has 3 rings (SSSR count). The van der Waals surface area contributed by atoms with Crippen molar-refractivity contribution in [3.05, 3.63) is 35.1 Å². The number of nitrogens with zero attached hydrogens (tertiary/aromatic N) is 2. The van der Waals surface area contributed by atoms with Crippen molar-refractivity contribution in [3.8, 4) is 5.75 Å². The lowest BCUT2D eigenvalue weighted by molar-refractivity contribution is -0.145. The lowest BCUT2D eigenvalue weighted by Gasteiger charge is -2.37. The van der Waals surface area contributed by atoms with Gasteiger partial charge in [0, 0.05) is 12.0 Å². The van der Waals surface area contributed by atoms with Gasteiger partial charge in [0.2, 0.25) is 0 Å². The Hall–Kier alpha value is -3.23. The molecule has 2 aliphatic heterocycles. The second-order valence-electron chi connectivity index (χ2n) is 9.81. The first-order valence-electron chi connectivity index (χ1n) is 11.3. The summed E-state index contributed by atoms with van der Waals surface area (Å²) in [7, 11) is 2.90. The van der Waals surface area contributed by atoms with Crippen molar-refractivity contribution in [3.63, 3.8) is 0 Å². The molecule has 2 aliphatic rings. The van der Waals surface area contributed by atoms with Crippen molar-refractivity contribution in [2.24, 2.45) is 5.16 Å². The first-order valence-corrected chi connectivity index (χ1v) is 11.3. The summed E-state index contributed by atoms with van der Waals surface area (Å²) in [6.07, 6.45) is 0.780. The Bertz CT molecular complexity index is 1020. The molecular formula is C25H34N2O7. The Kier molecular flexibility index (Phi) is 7.14. The van der Waals surface area contributed by atoms with Crippen LogP contribution in [0.2, 0.25) is 0 Å². The van der Waals surface area contributed by atoms with Crippen LogP contribution >= 0.6 is 0 Å². The second kappa shape index (κ2) is 9.56. The Morgan fingerprint density at radius 2 is 1.97 bits per heavy atom. The molecule has 0 radical (unpaired) electrons. The van der Waals surface area contributed by atoms with Crippen molar-refractivity contribution < 1.29 is 33.7 Å². The van der Waals surface area contributed by atoms with Gasteiger partial charge in [0.05, 0.1) is 20.8 Å². The van der Waals surface area contributed by atoms with Gasteiger partial charge < -0.3 is 24.2 Å². The van der Waals surface area contributed by atoms with E-state index in [4.69, 9.17) is 18.9 Å². The normalized spacial score (nSPS) is 23.1. The minimum Gasteiger partial charge on any atom is -0.497 e. The van der Waals surface area contributed by atoms with Gasteiger partial charge in [-0.15, -0.1) is 0 Å². The summed E-state index contributed by atoms with van der Waals surface area (Å²) in [6.45, 7) is 9.10. The van der Waals surface area contributed by atoms with Gasteiger partial charge >= 0.3 is 12.1 Å². The highest BCUT2D eigenvalue weighted by molar-refractivity contribution is 6.03. The maximum Gasteiger partial charge on any atom is 0.411 e. The number of methoxy groups -OCH3 is 2. The van der Waals surface area contributed by atoms with Crippen molar-refractivity contribution in [1.29, 1.82) is 0 Å². The number of allylic oxidation sites excluding steroid dienone is 2. The van der Waals surface area contributed by atoms with Crippen molar-refractivity contribution in [2.45, 2.75) is 71.1 Å². The molecule has 1 aromatic rings. The minimum absolute atomic E-state index is 0.147. The van der Waals surface area contributed by atoms with Gasteiger partial charge in [-0.2, -0.15) is 0 Å². The predicted octanol–water partition coefficient (Wildman–Crippen LogP) is 4.30. The number of esters is 1. The van der Waals surface area contributed by atoms with Crippen LogP contribution in [0.1, 0.15) is 58.1 Å². The van der Waals surface area contributed by atoms with E-state index < -0.39 is 29.3 Å². The third kappa shape index (κ3) is 5.13. The molecule has 186 valence electrons. The monoisotopic (exact) mass is 474 g/mol. The highest BCUT2D eigenvalue weighted by Gasteiger charge is 2.53. The maximum atomic E-state index is 12.9. The number of aryl methyl sites for hydroxylation is 1. The van der Waals surface area contributed by atoms with E-state index in [2.05, 4.69) is 5.16 Å². The smallest absolute Gasteiger partial charge is 0.411 e. The fourth-order valence-electron chi connectivity index (χ4n) is 4.51. The third-order valence-electron chi connectivity index (χ3n) is 6.17. The molecule has 1 fully saturated rings. The first kappa shape index (κ1) is 25.4. The van der Waals surface area contributed by atoms with E-state index in [1.807, 2.05) is 25.1 Å². The maximum absolute atomic E-state index is 12.9. The molecule has 9 heteroatoms. The summed E-state index contributed by atoms with van der Waals surface area (Å²) in [5.74, 6) is 0.604. The van der Waals surface area contributed by atoms with Gasteiger partial charge in [0.1, 0.15) is 34.5 Å². The molecule has 1 saturated heterocycles. The Morgan fingerprint density at radius 3 is 2.56 bits per heavy atom. The fraction of sp³-hybridized carbons (Fsp3) is 0.560. The van der Waals surface area contributed by atoms with Gasteiger partial charge in [-0.25, -0.2) is 9.59 Å². The highest BCUT2D eigenvalue weighted by Crippen LogP contribution is 2.45. The number of ether oxygens (including phenoxy) is 4. The number of benzene rings is 1. The average Bonchev–Trinajstić information content (AvgIpc) is 3.16. The van der Waals surface area contributed by atoms with E-state index in [0.717, 1.165) is 16.7 Å². The Balaban J connectivity index is 2.02. The predicted molar refractivity (Wildman–Crippen MR) is 126 cm³/mol. The van der Waals surface area contributed by atoms with E-state index in [1.165, 1.54) is 12.0 Å². The summed E-state index contributed by atoms with van der Waals surface area (Å²) in [5, 5.41) is 13.0. The lowest BCUT2D eigenvalue weighted by Crippen LogP contribution is -2.45. The zero-order chi connectivity index (χ0) is 25.3. The quantitative estimate of drug-likeness (QED) is 0.300. The number of amides is 1. The Labute approximate surface area is 200 Å². The third-order valence-corrected chi connectivity index (χ3v) is 6.17. The molecule has 1 spiro atoms. The van der Waals surface area contributed by atoms with Crippen molar-refractivity contribution in [1.82, 2.24) is 4.90 Å². The molecule has 0 saturated carbocycles. The van der Waals surface area contributed by atoms with E-state index in [9.17, 15) is 14.8 Å². The summed E-state index contributed by atoms with van der Waals surface area (Å²) in [4.78, 5) is 26.9. The summed E-state index contributed by atoms with van der Waals surface area (Å²) in [5.41, 5.74) is 1.56. The standard InChI is InChI=1S/C25H34N2O7/c1-15-8-9-17(31-6)12-19(15)18-10-11-25(33-21(18)16(2)26-30)13-20(22(28)32-7)27(14-25)23(29)34-24(3,4)5/h8-9,12,20,30H,10-11,13-14H2,1-7H3/b26-16+/t20-,25?/m0/s1. The van der Waals surface area contributed by atoms with Gasteiger partial charge in [-0.3, -0.25) is 4.90 Å². The summed E-state index contributed by atoms with van der Waals surface area (Å²) in [6, 6.07) is 4.93. The van der Waals surface area contributed by atoms with Crippen LogP contribution in [-0.2, 0) is 19.0 Å². The number of carbonyl (C=O) groups excluding carboxylic acids is 2. The van der Waals surface area contributed by atoms with E-state index in [1.54, 1.807) is 34.8 Å². The molecule has 0 aliphatic carbocycles. The zero-order valence-corrected chi connectivity index (χ0v) is 20.9. The molecule has 1 amide bonds. The Morgan fingerprint density at radius 1 is 1.26 bits per heavy atom. The molecule has 34 heavy (non-hydrogen) atoms. The first-order chi connectivity index (χ1) is 15.9. The van der Waals surface area contributed by atoms with Crippen LogP contribution in [0.3, 0.4) is 0 Å². The highest BCUT2D eigenvalue weighted by atomic mass is 16.6. The molecule has 9 nitrogen and oxygen atoms in total. The summed E-state index contributed by atoms with van der Waals surface area (Å²) < 4.78 is 22.4. The van der Waals surface area contributed by atoms with E-state index in [-0.39, 0.29) is 13.0 Å². The van der Waals surface area contributed by atoms with Crippen LogP contribution < -0.4 is 4.74 Å². The number of carbonyl (C=O) groups is 2. The lowest BCUT2D eigenvalue weighted by atomic mass is 9.84. The largest absolute Gasteiger partial charge is 0.497 e. The van der Waals surface area contributed by atoms with Crippen LogP contribution in [0.25, 0.3) is 5.57 Å². The number of likely N-dealkylation sites (tertiary alicyclic amines) is 1.